The normalized spacial score (nSPS) is 28.4. The maximum absolute atomic E-state index is 1.63. The van der Waals surface area contributed by atoms with Gasteiger partial charge in [0, 0.05) is 0 Å². The van der Waals surface area contributed by atoms with Gasteiger partial charge in [-0.2, -0.15) is 0 Å². The first-order valence-corrected chi connectivity index (χ1v) is 8.51. The van der Waals surface area contributed by atoms with Crippen LogP contribution in [0.2, 0.25) is 7.73 Å². The van der Waals surface area contributed by atoms with Crippen LogP contribution in [-0.2, 0) is 0 Å². The molecule has 2 aliphatic rings. The monoisotopic (exact) mass is 260 g/mol. The molecule has 0 radical (unpaired) electrons. The van der Waals surface area contributed by atoms with Crippen molar-refractivity contribution in [1.82, 2.24) is 0 Å². The Kier molecular flexibility index (Phi) is 3.19. The molecule has 0 unspecified atom stereocenters. The molecule has 0 amide bonds. The van der Waals surface area contributed by atoms with E-state index in [1.54, 1.807) is 51.4 Å². The second-order valence-electron chi connectivity index (χ2n) is 4.13. The van der Waals surface area contributed by atoms with E-state index in [4.69, 9.17) is 0 Å². The molecule has 2 aliphatic carbocycles. The van der Waals surface area contributed by atoms with Gasteiger partial charge in [0.2, 0.25) is 0 Å². The summed E-state index contributed by atoms with van der Waals surface area (Å²) >= 11 is 0.0911. The van der Waals surface area contributed by atoms with Crippen LogP contribution in [0.15, 0.2) is 0 Å². The van der Waals surface area contributed by atoms with Crippen molar-refractivity contribution in [2.24, 2.45) is 0 Å². The number of rotatable bonds is 2. The molecule has 0 spiro atoms. The van der Waals surface area contributed by atoms with E-state index in [-0.39, 0.29) is 21.6 Å². The Morgan fingerprint density at radius 3 is 1.36 bits per heavy atom. The van der Waals surface area contributed by atoms with Crippen molar-refractivity contribution in [2.45, 2.75) is 59.1 Å². The second-order valence-corrected chi connectivity index (χ2v) is 9.74. The summed E-state index contributed by atoms with van der Waals surface area (Å²) in [5.41, 5.74) is 0. The molecular weight excluding hydrogens is 242 g/mol. The van der Waals surface area contributed by atoms with Crippen LogP contribution in [0.1, 0.15) is 51.4 Å². The van der Waals surface area contributed by atoms with Gasteiger partial charge in [0.1, 0.15) is 0 Å². The van der Waals surface area contributed by atoms with Crippen molar-refractivity contribution >= 4 is 21.6 Å². The molecule has 2 rings (SSSR count). The summed E-state index contributed by atoms with van der Waals surface area (Å²) in [6, 6.07) is 0. The summed E-state index contributed by atoms with van der Waals surface area (Å²) in [6.45, 7) is 0. The van der Waals surface area contributed by atoms with Crippen LogP contribution in [0.4, 0.5) is 0 Å². The molecule has 11 heavy (non-hydrogen) atoms. The molecule has 0 aromatic heterocycles. The van der Waals surface area contributed by atoms with Crippen LogP contribution < -0.4 is 0 Å². The Labute approximate surface area is 80.7 Å². The Hall–Kier alpha value is 0.818. The summed E-state index contributed by atoms with van der Waals surface area (Å²) in [7, 11) is 0. The molecule has 0 aromatic carbocycles. The van der Waals surface area contributed by atoms with E-state index in [0.29, 0.717) is 0 Å². The molecule has 0 aromatic rings. The van der Waals surface area contributed by atoms with Crippen molar-refractivity contribution in [3.05, 3.63) is 0 Å². The van der Waals surface area contributed by atoms with Gasteiger partial charge in [-0.15, -0.1) is 0 Å². The molecule has 0 aliphatic heterocycles. The predicted octanol–water partition coefficient (Wildman–Crippen LogP) is 3.15. The maximum atomic E-state index is 1.63. The molecule has 2 fully saturated rings. The predicted molar refractivity (Wildman–Crippen MR) is 51.6 cm³/mol. The molecule has 2 saturated carbocycles. The standard InChI is InChI=1S/2C5H9.Sb.H/c2*1-2-4-5-3-1;;/h2*1H,2-5H2;;. The Bertz CT molecular complexity index is 96.0. The molecule has 0 N–H and O–H groups in total. The Morgan fingerprint density at radius 1 is 0.636 bits per heavy atom. The summed E-state index contributed by atoms with van der Waals surface area (Å²) in [6.07, 6.45) is 12.8. The van der Waals surface area contributed by atoms with Gasteiger partial charge in [-0.1, -0.05) is 0 Å². The third-order valence-electron chi connectivity index (χ3n) is 3.18. The van der Waals surface area contributed by atoms with Crippen LogP contribution in [0, 0.1) is 0 Å². The van der Waals surface area contributed by atoms with Gasteiger partial charge < -0.3 is 0 Å². The average molecular weight is 261 g/mol. The minimum atomic E-state index is 0.0911. The van der Waals surface area contributed by atoms with E-state index in [9.17, 15) is 0 Å². The zero-order valence-corrected chi connectivity index (χ0v) is 10.2. The van der Waals surface area contributed by atoms with Gasteiger partial charge in [-0.25, -0.2) is 0 Å². The van der Waals surface area contributed by atoms with Gasteiger partial charge in [0.15, 0.2) is 0 Å². The fourth-order valence-electron chi connectivity index (χ4n) is 2.52. The molecule has 0 bridgehead atoms. The first-order chi connectivity index (χ1) is 5.45. The Morgan fingerprint density at radius 2 is 1.00 bits per heavy atom. The number of hydrogen-bond acceptors (Lipinski definition) is 0. The van der Waals surface area contributed by atoms with E-state index in [0.717, 1.165) is 0 Å². The molecule has 0 saturated heterocycles. The van der Waals surface area contributed by atoms with Crippen LogP contribution in [0.3, 0.4) is 0 Å². The molecular formula is C10H19Sb. The zero-order valence-electron chi connectivity index (χ0n) is 7.31. The topological polar surface area (TPSA) is 0 Å². The van der Waals surface area contributed by atoms with Gasteiger partial charge in [-0.05, 0) is 0 Å². The average Bonchev–Trinajstić information content (AvgIpc) is 2.60. The second kappa shape index (κ2) is 4.17. The van der Waals surface area contributed by atoms with Crippen molar-refractivity contribution in [3.63, 3.8) is 0 Å². The van der Waals surface area contributed by atoms with E-state index >= 15 is 0 Å². The molecule has 0 nitrogen and oxygen atoms in total. The fraction of sp³-hybridized carbons (Fsp3) is 1.00. The van der Waals surface area contributed by atoms with E-state index < -0.39 is 0 Å². The molecule has 0 atom stereocenters. The third kappa shape index (κ3) is 2.38. The Balaban J connectivity index is 1.71. The summed E-state index contributed by atoms with van der Waals surface area (Å²) in [5, 5.41) is 0. The quantitative estimate of drug-likeness (QED) is 0.670. The van der Waals surface area contributed by atoms with E-state index in [2.05, 4.69) is 0 Å². The van der Waals surface area contributed by atoms with Crippen LogP contribution in [0.25, 0.3) is 0 Å². The third-order valence-corrected chi connectivity index (χ3v) is 9.17. The summed E-state index contributed by atoms with van der Waals surface area (Å²) in [5.74, 6) is 0. The van der Waals surface area contributed by atoms with Gasteiger partial charge in [-0.3, -0.25) is 0 Å². The minimum absolute atomic E-state index is 0.0911. The van der Waals surface area contributed by atoms with E-state index in [1.807, 2.05) is 0 Å². The van der Waals surface area contributed by atoms with Crippen molar-refractivity contribution < 1.29 is 0 Å². The van der Waals surface area contributed by atoms with Crippen LogP contribution in [-0.4, -0.2) is 21.6 Å². The first kappa shape index (κ1) is 8.42. The van der Waals surface area contributed by atoms with Crippen molar-refractivity contribution in [1.29, 1.82) is 0 Å². The first-order valence-electron chi connectivity index (χ1n) is 5.21. The molecule has 64 valence electrons. The molecule has 1 heteroatoms. The van der Waals surface area contributed by atoms with Crippen molar-refractivity contribution in [2.75, 3.05) is 0 Å². The van der Waals surface area contributed by atoms with Gasteiger partial charge >= 0.3 is 80.7 Å². The zero-order chi connectivity index (χ0) is 7.52. The van der Waals surface area contributed by atoms with Gasteiger partial charge in [0.25, 0.3) is 0 Å². The fourth-order valence-corrected chi connectivity index (χ4v) is 8.65. The summed E-state index contributed by atoms with van der Waals surface area (Å²) < 4.78 is 2.61. The summed E-state index contributed by atoms with van der Waals surface area (Å²) in [4.78, 5) is 0. The van der Waals surface area contributed by atoms with Gasteiger partial charge in [0.05, 0.1) is 0 Å². The van der Waals surface area contributed by atoms with Crippen LogP contribution in [0.5, 0.6) is 0 Å². The molecule has 0 heterocycles. The van der Waals surface area contributed by atoms with E-state index in [1.165, 1.54) is 7.73 Å². The SMILES string of the molecule is C1CC[CH]([SbH][CH]2CCCC2)C1. The number of hydrogen-bond donors (Lipinski definition) is 0. The van der Waals surface area contributed by atoms with Crippen molar-refractivity contribution in [3.8, 4) is 0 Å². The van der Waals surface area contributed by atoms with Crippen LogP contribution >= 0.6 is 0 Å².